The fourth-order valence-electron chi connectivity index (χ4n) is 1.49. The van der Waals surface area contributed by atoms with Crippen molar-refractivity contribution in [3.05, 3.63) is 16.7 Å². The Labute approximate surface area is 99.9 Å². The van der Waals surface area contributed by atoms with Gasteiger partial charge in [-0.15, -0.1) is 0 Å². The Hall–Kier alpha value is -1.13. The molecule has 0 fully saturated rings. The Morgan fingerprint density at radius 2 is 2.06 bits per heavy atom. The van der Waals surface area contributed by atoms with Crippen molar-refractivity contribution in [2.45, 2.75) is 12.8 Å². The van der Waals surface area contributed by atoms with Crippen LogP contribution in [-0.4, -0.2) is 25.9 Å². The van der Waals surface area contributed by atoms with Gasteiger partial charge in [0.2, 0.25) is 0 Å². The highest BCUT2D eigenvalue weighted by atomic mass is 35.5. The molecule has 90 valence electrons. The first-order chi connectivity index (χ1) is 7.65. The van der Waals surface area contributed by atoms with E-state index in [-0.39, 0.29) is 5.75 Å². The van der Waals surface area contributed by atoms with Crippen LogP contribution >= 0.6 is 11.6 Å². The van der Waals surface area contributed by atoms with Crippen molar-refractivity contribution >= 4 is 11.6 Å². The summed E-state index contributed by atoms with van der Waals surface area (Å²) in [5, 5.41) is 10.2. The summed E-state index contributed by atoms with van der Waals surface area (Å²) in [5.74, 6) is 0.964. The zero-order chi connectivity index (χ0) is 12.1. The average Bonchev–Trinajstić information content (AvgIpc) is 2.28. The molecule has 0 aromatic heterocycles. The predicted molar refractivity (Wildman–Crippen MR) is 63.6 cm³/mol. The maximum absolute atomic E-state index is 9.79. The average molecular weight is 246 g/mol. The summed E-state index contributed by atoms with van der Waals surface area (Å²) in [6, 6.07) is 1.50. The van der Waals surface area contributed by atoms with Gasteiger partial charge >= 0.3 is 0 Å². The van der Waals surface area contributed by atoms with Gasteiger partial charge in [-0.25, -0.2) is 0 Å². The molecule has 0 saturated heterocycles. The van der Waals surface area contributed by atoms with Crippen LogP contribution in [0.2, 0.25) is 5.02 Å². The zero-order valence-corrected chi connectivity index (χ0v) is 10.2. The molecule has 0 radical (unpaired) electrons. The SMILES string of the molecule is COc1cc(O)c(CCCN)c(Cl)c1OC. The normalized spacial score (nSPS) is 10.2. The predicted octanol–water partition coefficient (Wildman–Crippen LogP) is 1.95. The van der Waals surface area contributed by atoms with E-state index in [0.717, 1.165) is 6.42 Å². The molecule has 3 N–H and O–H groups in total. The minimum atomic E-state index is 0.108. The molecule has 0 unspecified atom stereocenters. The van der Waals surface area contributed by atoms with Crippen LogP contribution in [0, 0.1) is 0 Å². The van der Waals surface area contributed by atoms with E-state index >= 15 is 0 Å². The number of phenolic OH excluding ortho intramolecular Hbond substituents is 1. The van der Waals surface area contributed by atoms with E-state index in [0.29, 0.717) is 35.1 Å². The van der Waals surface area contributed by atoms with Crippen LogP contribution in [0.15, 0.2) is 6.07 Å². The lowest BCUT2D eigenvalue weighted by atomic mass is 10.1. The number of phenols is 1. The van der Waals surface area contributed by atoms with Crippen molar-refractivity contribution in [3.63, 3.8) is 0 Å². The van der Waals surface area contributed by atoms with Crippen molar-refractivity contribution in [1.29, 1.82) is 0 Å². The third kappa shape index (κ3) is 2.51. The second-order valence-electron chi connectivity index (χ2n) is 3.32. The molecular weight excluding hydrogens is 230 g/mol. The van der Waals surface area contributed by atoms with Crippen LogP contribution in [0.4, 0.5) is 0 Å². The Bertz CT molecular complexity index is 369. The number of methoxy groups -OCH3 is 2. The lowest BCUT2D eigenvalue weighted by Crippen LogP contribution is -2.02. The van der Waals surface area contributed by atoms with Gasteiger partial charge in [0.05, 0.1) is 19.2 Å². The number of hydrogen-bond donors (Lipinski definition) is 2. The molecule has 0 aliphatic carbocycles. The molecule has 1 aromatic carbocycles. The third-order valence-electron chi connectivity index (χ3n) is 2.32. The number of benzene rings is 1. The number of nitrogens with two attached hydrogens (primary N) is 1. The van der Waals surface area contributed by atoms with Gasteiger partial charge in [0.25, 0.3) is 0 Å². The van der Waals surface area contributed by atoms with Crippen LogP contribution in [0.1, 0.15) is 12.0 Å². The maximum atomic E-state index is 9.79. The van der Waals surface area contributed by atoms with E-state index in [4.69, 9.17) is 26.8 Å². The molecule has 16 heavy (non-hydrogen) atoms. The highest BCUT2D eigenvalue weighted by Crippen LogP contribution is 2.42. The maximum Gasteiger partial charge on any atom is 0.179 e. The molecule has 0 bridgehead atoms. The van der Waals surface area contributed by atoms with Crippen LogP contribution in [0.25, 0.3) is 0 Å². The van der Waals surface area contributed by atoms with Crippen LogP contribution < -0.4 is 15.2 Å². The molecule has 0 saturated carbocycles. The number of rotatable bonds is 5. The molecular formula is C11H16ClNO3. The number of halogens is 1. The first kappa shape index (κ1) is 12.9. The standard InChI is InChI=1S/C11H16ClNO3/c1-15-9-6-8(14)7(4-3-5-13)10(12)11(9)16-2/h6,14H,3-5,13H2,1-2H3. The Morgan fingerprint density at radius 1 is 1.38 bits per heavy atom. The molecule has 0 heterocycles. The molecule has 1 aromatic rings. The highest BCUT2D eigenvalue weighted by Gasteiger charge is 2.17. The van der Waals surface area contributed by atoms with Crippen molar-refractivity contribution < 1.29 is 14.6 Å². The Kier molecular flexibility index (Phi) is 4.71. The Balaban J connectivity index is 3.18. The molecule has 1 rings (SSSR count). The van der Waals surface area contributed by atoms with Crippen molar-refractivity contribution in [1.82, 2.24) is 0 Å². The smallest absolute Gasteiger partial charge is 0.179 e. The molecule has 0 spiro atoms. The summed E-state index contributed by atoms with van der Waals surface area (Å²) < 4.78 is 10.2. The lowest BCUT2D eigenvalue weighted by Gasteiger charge is -2.14. The summed E-state index contributed by atoms with van der Waals surface area (Å²) in [5.41, 5.74) is 6.07. The second-order valence-corrected chi connectivity index (χ2v) is 3.69. The molecule has 0 aliphatic heterocycles. The molecule has 0 amide bonds. The van der Waals surface area contributed by atoms with Gasteiger partial charge in [-0.05, 0) is 19.4 Å². The van der Waals surface area contributed by atoms with Crippen molar-refractivity contribution in [2.24, 2.45) is 5.73 Å². The number of ether oxygens (including phenoxy) is 2. The molecule has 4 nitrogen and oxygen atoms in total. The third-order valence-corrected chi connectivity index (χ3v) is 2.72. The summed E-state index contributed by atoms with van der Waals surface area (Å²) >= 11 is 6.13. The first-order valence-electron chi connectivity index (χ1n) is 4.98. The Morgan fingerprint density at radius 3 is 2.56 bits per heavy atom. The van der Waals surface area contributed by atoms with E-state index in [2.05, 4.69) is 0 Å². The molecule has 0 atom stereocenters. The van der Waals surface area contributed by atoms with Crippen LogP contribution in [-0.2, 0) is 6.42 Å². The van der Waals surface area contributed by atoms with Crippen molar-refractivity contribution in [3.8, 4) is 17.2 Å². The van der Waals surface area contributed by atoms with E-state index in [1.165, 1.54) is 20.3 Å². The van der Waals surface area contributed by atoms with Gasteiger partial charge < -0.3 is 20.3 Å². The monoisotopic (exact) mass is 245 g/mol. The van der Waals surface area contributed by atoms with Gasteiger partial charge in [0, 0.05) is 11.6 Å². The largest absolute Gasteiger partial charge is 0.507 e. The van der Waals surface area contributed by atoms with Gasteiger partial charge in [-0.3, -0.25) is 0 Å². The zero-order valence-electron chi connectivity index (χ0n) is 9.42. The fourth-order valence-corrected chi connectivity index (χ4v) is 1.85. The highest BCUT2D eigenvalue weighted by molar-refractivity contribution is 6.33. The summed E-state index contributed by atoms with van der Waals surface area (Å²) in [4.78, 5) is 0. The summed E-state index contributed by atoms with van der Waals surface area (Å²) in [7, 11) is 3.00. The van der Waals surface area contributed by atoms with Crippen LogP contribution in [0.3, 0.4) is 0 Å². The number of hydrogen-bond acceptors (Lipinski definition) is 4. The summed E-state index contributed by atoms with van der Waals surface area (Å²) in [6.07, 6.45) is 1.37. The first-order valence-corrected chi connectivity index (χ1v) is 5.35. The second kappa shape index (κ2) is 5.82. The van der Waals surface area contributed by atoms with Crippen LogP contribution in [0.5, 0.6) is 17.2 Å². The van der Waals surface area contributed by atoms with Gasteiger partial charge in [0.1, 0.15) is 5.75 Å². The van der Waals surface area contributed by atoms with Gasteiger partial charge in [-0.1, -0.05) is 11.6 Å². The van der Waals surface area contributed by atoms with Gasteiger partial charge in [-0.2, -0.15) is 0 Å². The lowest BCUT2D eigenvalue weighted by molar-refractivity contribution is 0.350. The molecule has 0 aliphatic rings. The van der Waals surface area contributed by atoms with E-state index in [1.54, 1.807) is 0 Å². The topological polar surface area (TPSA) is 64.7 Å². The minimum Gasteiger partial charge on any atom is -0.507 e. The van der Waals surface area contributed by atoms with Gasteiger partial charge in [0.15, 0.2) is 11.5 Å². The molecule has 5 heteroatoms. The van der Waals surface area contributed by atoms with E-state index in [1.807, 2.05) is 0 Å². The van der Waals surface area contributed by atoms with E-state index in [9.17, 15) is 5.11 Å². The number of aromatic hydroxyl groups is 1. The quantitative estimate of drug-likeness (QED) is 0.832. The minimum absolute atomic E-state index is 0.108. The fraction of sp³-hybridized carbons (Fsp3) is 0.455. The van der Waals surface area contributed by atoms with Crippen molar-refractivity contribution in [2.75, 3.05) is 20.8 Å². The summed E-state index contributed by atoms with van der Waals surface area (Å²) in [6.45, 7) is 0.546. The van der Waals surface area contributed by atoms with E-state index < -0.39 is 0 Å².